The molecule has 1 rings (SSSR count). The summed E-state index contributed by atoms with van der Waals surface area (Å²) in [6.07, 6.45) is 0.520. The van der Waals surface area contributed by atoms with Gasteiger partial charge < -0.3 is 10.8 Å². The average Bonchev–Trinajstić information content (AvgIpc) is 2.36. The van der Waals surface area contributed by atoms with Crippen LogP contribution in [0.1, 0.15) is 25.8 Å². The largest absolute Gasteiger partial charge is 0.398 e. The Morgan fingerprint density at radius 1 is 1.45 bits per heavy atom. The van der Waals surface area contributed by atoms with Crippen LogP contribution >= 0.6 is 0 Å². The quantitative estimate of drug-likeness (QED) is 0.672. The van der Waals surface area contributed by atoms with Gasteiger partial charge in [-0.2, -0.15) is 5.26 Å². The first-order valence-corrected chi connectivity index (χ1v) is 7.71. The van der Waals surface area contributed by atoms with Crippen molar-refractivity contribution in [3.05, 3.63) is 23.8 Å². The fraction of sp³-hybridized carbons (Fsp3) is 0.462. The topological polar surface area (TPSA) is 116 Å². The second-order valence-corrected chi connectivity index (χ2v) is 6.68. The van der Waals surface area contributed by atoms with Gasteiger partial charge in [-0.3, -0.25) is 0 Å². The Morgan fingerprint density at radius 2 is 2.10 bits per heavy atom. The zero-order valence-electron chi connectivity index (χ0n) is 11.5. The van der Waals surface area contributed by atoms with Crippen molar-refractivity contribution >= 4 is 15.7 Å². The molecule has 0 amide bonds. The summed E-state index contributed by atoms with van der Waals surface area (Å²) in [5, 5.41) is 18.0. The average molecular weight is 297 g/mol. The van der Waals surface area contributed by atoms with Crippen LogP contribution in [0.25, 0.3) is 0 Å². The molecular weight excluding hydrogens is 278 g/mol. The smallest absolute Gasteiger partial charge is 0.242 e. The van der Waals surface area contributed by atoms with Crippen LogP contribution < -0.4 is 10.5 Å². The zero-order valence-corrected chi connectivity index (χ0v) is 12.3. The maximum atomic E-state index is 12.2. The molecule has 0 aliphatic rings. The van der Waals surface area contributed by atoms with E-state index in [0.29, 0.717) is 12.0 Å². The summed E-state index contributed by atoms with van der Waals surface area (Å²) in [7, 11) is -3.82. The van der Waals surface area contributed by atoms with Crippen LogP contribution in [-0.4, -0.2) is 26.2 Å². The second kappa shape index (κ2) is 6.70. The van der Waals surface area contributed by atoms with Crippen LogP contribution in [0.5, 0.6) is 0 Å². The predicted octanol–water partition coefficient (Wildman–Crippen LogP) is 0.826. The number of nitrogen functional groups attached to an aromatic ring is 1. The van der Waals surface area contributed by atoms with E-state index in [0.717, 1.165) is 0 Å². The van der Waals surface area contributed by atoms with E-state index in [1.807, 2.05) is 19.9 Å². The molecule has 4 N–H and O–H groups in total. The lowest BCUT2D eigenvalue weighted by Gasteiger charge is -2.19. The number of sulfonamides is 1. The molecule has 1 unspecified atom stereocenters. The monoisotopic (exact) mass is 297 g/mol. The number of nitrogens with zero attached hydrogens (tertiary/aromatic N) is 1. The van der Waals surface area contributed by atoms with Gasteiger partial charge in [-0.15, -0.1) is 0 Å². The molecular formula is C13H19N3O3S. The molecule has 0 aliphatic heterocycles. The van der Waals surface area contributed by atoms with Gasteiger partial charge in [-0.25, -0.2) is 13.1 Å². The van der Waals surface area contributed by atoms with Crippen molar-refractivity contribution in [2.24, 2.45) is 5.92 Å². The maximum absolute atomic E-state index is 12.2. The van der Waals surface area contributed by atoms with Crippen molar-refractivity contribution in [3.63, 3.8) is 0 Å². The number of benzene rings is 1. The van der Waals surface area contributed by atoms with Gasteiger partial charge in [-0.05, 0) is 30.5 Å². The molecule has 0 aliphatic carbocycles. The van der Waals surface area contributed by atoms with Gasteiger partial charge in [-0.1, -0.05) is 13.8 Å². The molecule has 0 fully saturated rings. The first-order valence-electron chi connectivity index (χ1n) is 6.23. The van der Waals surface area contributed by atoms with E-state index in [2.05, 4.69) is 4.72 Å². The van der Waals surface area contributed by atoms with E-state index < -0.39 is 16.1 Å². The van der Waals surface area contributed by atoms with Gasteiger partial charge in [0.1, 0.15) is 4.90 Å². The highest BCUT2D eigenvalue weighted by atomic mass is 32.2. The van der Waals surface area contributed by atoms with Gasteiger partial charge in [0.2, 0.25) is 10.0 Å². The number of hydrogen-bond donors (Lipinski definition) is 3. The summed E-state index contributed by atoms with van der Waals surface area (Å²) in [5.74, 6) is 0.244. The molecule has 0 radical (unpaired) electrons. The highest BCUT2D eigenvalue weighted by molar-refractivity contribution is 7.89. The highest BCUT2D eigenvalue weighted by Gasteiger charge is 2.22. The van der Waals surface area contributed by atoms with E-state index >= 15 is 0 Å². The number of rotatable bonds is 6. The van der Waals surface area contributed by atoms with Crippen LogP contribution in [0, 0.1) is 17.2 Å². The van der Waals surface area contributed by atoms with Gasteiger partial charge in [0.05, 0.1) is 23.9 Å². The van der Waals surface area contributed by atoms with Gasteiger partial charge in [0.25, 0.3) is 0 Å². The van der Waals surface area contributed by atoms with E-state index in [1.54, 1.807) is 0 Å². The first-order chi connectivity index (χ1) is 9.30. The van der Waals surface area contributed by atoms with Crippen molar-refractivity contribution in [1.29, 1.82) is 5.26 Å². The summed E-state index contributed by atoms with van der Waals surface area (Å²) in [4.78, 5) is -0.0845. The Balaban J connectivity index is 3.02. The lowest BCUT2D eigenvalue weighted by atomic mass is 10.1. The highest BCUT2D eigenvalue weighted by Crippen LogP contribution is 2.20. The van der Waals surface area contributed by atoms with Gasteiger partial charge >= 0.3 is 0 Å². The minimum Gasteiger partial charge on any atom is -0.398 e. The molecule has 20 heavy (non-hydrogen) atoms. The number of aliphatic hydroxyl groups is 1. The summed E-state index contributed by atoms with van der Waals surface area (Å²) < 4.78 is 26.9. The lowest BCUT2D eigenvalue weighted by Crippen LogP contribution is -2.38. The second-order valence-electron chi connectivity index (χ2n) is 4.99. The standard InChI is InChI=1S/C13H19N3O3S/c1-9(2)5-11(8-17)16-20(18,19)13-4-3-10(7-14)6-12(13)15/h3-4,6,9,11,16-17H,5,8,15H2,1-2H3. The van der Waals surface area contributed by atoms with Crippen LogP contribution in [0.3, 0.4) is 0 Å². The molecule has 0 spiro atoms. The minimum atomic E-state index is -3.82. The van der Waals surface area contributed by atoms with Crippen molar-refractivity contribution in [2.45, 2.75) is 31.2 Å². The molecule has 1 aromatic rings. The molecule has 110 valence electrons. The molecule has 7 heteroatoms. The molecule has 0 heterocycles. The SMILES string of the molecule is CC(C)CC(CO)NS(=O)(=O)c1ccc(C#N)cc1N. The van der Waals surface area contributed by atoms with Crippen LogP contribution in [0.15, 0.2) is 23.1 Å². The third kappa shape index (κ3) is 4.20. The number of anilines is 1. The number of nitriles is 1. The minimum absolute atomic E-state index is 0.0118. The number of nitrogens with one attached hydrogen (secondary N) is 1. The molecule has 6 nitrogen and oxygen atoms in total. The third-order valence-electron chi connectivity index (χ3n) is 2.73. The maximum Gasteiger partial charge on any atom is 0.242 e. The van der Waals surface area contributed by atoms with Crippen LogP contribution in [0.4, 0.5) is 5.69 Å². The van der Waals surface area contributed by atoms with Crippen molar-refractivity contribution < 1.29 is 13.5 Å². The van der Waals surface area contributed by atoms with Crippen molar-refractivity contribution in [2.75, 3.05) is 12.3 Å². The van der Waals surface area contributed by atoms with Gasteiger partial charge in [0.15, 0.2) is 0 Å². The number of hydrogen-bond acceptors (Lipinski definition) is 5. The fourth-order valence-electron chi connectivity index (χ4n) is 1.87. The first kappa shape index (κ1) is 16.4. The number of nitrogens with two attached hydrogens (primary N) is 1. The summed E-state index contributed by atoms with van der Waals surface area (Å²) in [6, 6.07) is 5.32. The molecule has 0 saturated heterocycles. The van der Waals surface area contributed by atoms with Crippen molar-refractivity contribution in [1.82, 2.24) is 4.72 Å². The van der Waals surface area contributed by atoms with Gasteiger partial charge in [0, 0.05) is 6.04 Å². The van der Waals surface area contributed by atoms with Crippen LogP contribution in [-0.2, 0) is 10.0 Å². The predicted molar refractivity (Wildman–Crippen MR) is 76.2 cm³/mol. The Bertz CT molecular complexity index is 606. The molecule has 0 bridgehead atoms. The van der Waals surface area contributed by atoms with E-state index in [1.165, 1.54) is 18.2 Å². The molecule has 0 aromatic heterocycles. The lowest BCUT2D eigenvalue weighted by molar-refractivity contribution is 0.240. The Labute approximate surface area is 119 Å². The molecule has 1 aromatic carbocycles. The fourth-order valence-corrected chi connectivity index (χ4v) is 3.23. The molecule has 1 atom stereocenters. The molecule has 0 saturated carbocycles. The number of aliphatic hydroxyl groups excluding tert-OH is 1. The Morgan fingerprint density at radius 3 is 2.55 bits per heavy atom. The summed E-state index contributed by atoms with van der Waals surface area (Å²) in [5.41, 5.74) is 5.97. The Hall–Kier alpha value is -1.62. The van der Waals surface area contributed by atoms with E-state index in [9.17, 15) is 13.5 Å². The zero-order chi connectivity index (χ0) is 15.3. The summed E-state index contributed by atoms with van der Waals surface area (Å²) in [6.45, 7) is 3.59. The van der Waals surface area contributed by atoms with Crippen LogP contribution in [0.2, 0.25) is 0 Å². The van der Waals surface area contributed by atoms with E-state index in [4.69, 9.17) is 11.0 Å². The van der Waals surface area contributed by atoms with E-state index in [-0.39, 0.29) is 23.1 Å². The normalized spacial score (nSPS) is 13.2. The van der Waals surface area contributed by atoms with Crippen molar-refractivity contribution in [3.8, 4) is 6.07 Å². The third-order valence-corrected chi connectivity index (χ3v) is 4.32. The Kier molecular flexibility index (Phi) is 5.51. The summed E-state index contributed by atoms with van der Waals surface area (Å²) >= 11 is 0.